The van der Waals surface area contributed by atoms with Crippen molar-refractivity contribution in [3.05, 3.63) is 42.7 Å². The Kier molecular flexibility index (Phi) is 4.47. The molecule has 106 valence electrons. The van der Waals surface area contributed by atoms with Gasteiger partial charge in [-0.2, -0.15) is 0 Å². The Hall–Kier alpha value is -2.21. The fraction of sp³-hybridized carbons (Fsp3) is 0.357. The standard InChI is InChI=1S/C14H16N2O4/c1-2-7-20-14(19)16-9-10(17)8-12(16)13(18)11-5-3-4-6-15-11/h2-6,10,12,17H,1,7-9H2/t10-,12+/m1/s1. The molecule has 1 aliphatic rings. The van der Waals surface area contributed by atoms with Crippen molar-refractivity contribution in [3.8, 4) is 0 Å². The molecule has 0 aromatic carbocycles. The molecule has 6 heteroatoms. The third-order valence-corrected chi connectivity index (χ3v) is 3.06. The molecule has 1 aliphatic heterocycles. The molecule has 1 aromatic heterocycles. The fourth-order valence-electron chi connectivity index (χ4n) is 2.16. The van der Waals surface area contributed by atoms with E-state index in [1.54, 1.807) is 18.2 Å². The van der Waals surface area contributed by atoms with Crippen LogP contribution in [-0.4, -0.2) is 52.2 Å². The van der Waals surface area contributed by atoms with E-state index in [1.165, 1.54) is 17.2 Å². The lowest BCUT2D eigenvalue weighted by Crippen LogP contribution is -2.41. The summed E-state index contributed by atoms with van der Waals surface area (Å²) in [6, 6.07) is 4.25. The van der Waals surface area contributed by atoms with Crippen molar-refractivity contribution >= 4 is 11.9 Å². The van der Waals surface area contributed by atoms with Crippen molar-refractivity contribution in [1.29, 1.82) is 0 Å². The third kappa shape index (κ3) is 3.03. The highest BCUT2D eigenvalue weighted by atomic mass is 16.6. The van der Waals surface area contributed by atoms with Crippen LogP contribution in [0.2, 0.25) is 0 Å². The lowest BCUT2D eigenvalue weighted by atomic mass is 10.1. The van der Waals surface area contributed by atoms with E-state index in [0.29, 0.717) is 0 Å². The Labute approximate surface area is 116 Å². The minimum Gasteiger partial charge on any atom is -0.445 e. The van der Waals surface area contributed by atoms with Crippen molar-refractivity contribution < 1.29 is 19.4 Å². The van der Waals surface area contributed by atoms with E-state index in [4.69, 9.17) is 4.74 Å². The first-order valence-corrected chi connectivity index (χ1v) is 6.31. The predicted octanol–water partition coefficient (Wildman–Crippen LogP) is 1.02. The first kappa shape index (κ1) is 14.2. The quantitative estimate of drug-likeness (QED) is 0.656. The first-order chi connectivity index (χ1) is 9.63. The predicted molar refractivity (Wildman–Crippen MR) is 71.2 cm³/mol. The molecule has 2 rings (SSSR count). The summed E-state index contributed by atoms with van der Waals surface area (Å²) in [4.78, 5) is 29.4. The second-order valence-electron chi connectivity index (χ2n) is 4.50. The number of aliphatic hydroxyl groups is 1. The van der Waals surface area contributed by atoms with Crippen LogP contribution in [0.3, 0.4) is 0 Å². The maximum atomic E-state index is 12.3. The van der Waals surface area contributed by atoms with Crippen LogP contribution in [0.1, 0.15) is 16.9 Å². The fourth-order valence-corrected chi connectivity index (χ4v) is 2.16. The molecular weight excluding hydrogens is 260 g/mol. The number of hydrogen-bond donors (Lipinski definition) is 1. The number of aromatic nitrogens is 1. The molecule has 6 nitrogen and oxygen atoms in total. The van der Waals surface area contributed by atoms with Gasteiger partial charge in [0, 0.05) is 12.6 Å². The lowest BCUT2D eigenvalue weighted by Gasteiger charge is -2.22. The number of rotatable bonds is 4. The topological polar surface area (TPSA) is 79.7 Å². The highest BCUT2D eigenvalue weighted by Gasteiger charge is 2.40. The van der Waals surface area contributed by atoms with Gasteiger partial charge in [0.2, 0.25) is 5.78 Å². The maximum Gasteiger partial charge on any atom is 0.410 e. The van der Waals surface area contributed by atoms with Crippen LogP contribution in [0.25, 0.3) is 0 Å². The molecule has 2 atom stereocenters. The Balaban J connectivity index is 2.14. The summed E-state index contributed by atoms with van der Waals surface area (Å²) in [6.07, 6.45) is 1.79. The molecule has 1 amide bonds. The van der Waals surface area contributed by atoms with Gasteiger partial charge in [0.25, 0.3) is 0 Å². The van der Waals surface area contributed by atoms with E-state index in [9.17, 15) is 14.7 Å². The normalized spacial score (nSPS) is 21.6. The smallest absolute Gasteiger partial charge is 0.410 e. The largest absolute Gasteiger partial charge is 0.445 e. The number of ketones is 1. The summed E-state index contributed by atoms with van der Waals surface area (Å²) in [7, 11) is 0. The van der Waals surface area contributed by atoms with Gasteiger partial charge in [-0.1, -0.05) is 18.7 Å². The van der Waals surface area contributed by atoms with Crippen molar-refractivity contribution in [2.45, 2.75) is 18.6 Å². The van der Waals surface area contributed by atoms with E-state index in [1.807, 2.05) is 0 Å². The molecule has 1 saturated heterocycles. The zero-order valence-electron chi connectivity index (χ0n) is 10.9. The summed E-state index contributed by atoms with van der Waals surface area (Å²) >= 11 is 0. The molecule has 0 unspecified atom stereocenters. The van der Waals surface area contributed by atoms with Crippen LogP contribution < -0.4 is 0 Å². The number of ether oxygens (including phenoxy) is 1. The molecule has 2 heterocycles. The van der Waals surface area contributed by atoms with E-state index < -0.39 is 18.2 Å². The van der Waals surface area contributed by atoms with E-state index >= 15 is 0 Å². The van der Waals surface area contributed by atoms with Crippen LogP contribution in [0.15, 0.2) is 37.1 Å². The Morgan fingerprint density at radius 2 is 2.35 bits per heavy atom. The van der Waals surface area contributed by atoms with Crippen LogP contribution in [-0.2, 0) is 4.74 Å². The van der Waals surface area contributed by atoms with Crippen molar-refractivity contribution in [2.24, 2.45) is 0 Å². The summed E-state index contributed by atoms with van der Waals surface area (Å²) in [5, 5.41) is 9.70. The van der Waals surface area contributed by atoms with Gasteiger partial charge in [-0.15, -0.1) is 0 Å². The number of carbonyl (C=O) groups is 2. The Morgan fingerprint density at radius 3 is 3.00 bits per heavy atom. The minimum atomic E-state index is -0.739. The summed E-state index contributed by atoms with van der Waals surface area (Å²) in [6.45, 7) is 3.60. The Morgan fingerprint density at radius 1 is 1.55 bits per heavy atom. The van der Waals surface area contributed by atoms with E-state index in [2.05, 4.69) is 11.6 Å². The molecule has 1 fully saturated rings. The average molecular weight is 276 g/mol. The molecule has 0 spiro atoms. The highest BCUT2D eigenvalue weighted by molar-refractivity contribution is 6.00. The van der Waals surface area contributed by atoms with Gasteiger partial charge in [0.05, 0.1) is 12.6 Å². The SMILES string of the molecule is C=CCOC(=O)N1C[C@H](O)C[C@H]1C(=O)c1ccccn1. The van der Waals surface area contributed by atoms with Gasteiger partial charge in [0.15, 0.2) is 0 Å². The number of Topliss-reactive ketones (excluding diaryl/α,β-unsaturated/α-hetero) is 1. The molecule has 0 radical (unpaired) electrons. The average Bonchev–Trinajstić information content (AvgIpc) is 2.87. The zero-order valence-corrected chi connectivity index (χ0v) is 10.9. The summed E-state index contributed by atoms with van der Waals surface area (Å²) in [5.41, 5.74) is 0.271. The first-order valence-electron chi connectivity index (χ1n) is 6.31. The number of nitrogens with zero attached hydrogens (tertiary/aromatic N) is 2. The number of aliphatic hydroxyl groups excluding tert-OH is 1. The summed E-state index contributed by atoms with van der Waals surface area (Å²) < 4.78 is 4.92. The summed E-state index contributed by atoms with van der Waals surface area (Å²) in [5.74, 6) is -0.294. The maximum absolute atomic E-state index is 12.3. The van der Waals surface area contributed by atoms with Crippen molar-refractivity contribution in [3.63, 3.8) is 0 Å². The number of hydrogen-bond acceptors (Lipinski definition) is 5. The third-order valence-electron chi connectivity index (χ3n) is 3.06. The van der Waals surface area contributed by atoms with Gasteiger partial charge in [-0.05, 0) is 12.1 Å². The van der Waals surface area contributed by atoms with Gasteiger partial charge in [-0.25, -0.2) is 4.79 Å². The molecule has 0 saturated carbocycles. The van der Waals surface area contributed by atoms with Gasteiger partial charge >= 0.3 is 6.09 Å². The van der Waals surface area contributed by atoms with Gasteiger partial charge in [-0.3, -0.25) is 14.7 Å². The second kappa shape index (κ2) is 6.29. The number of pyridine rings is 1. The molecule has 1 aromatic rings. The number of amides is 1. The van der Waals surface area contributed by atoms with E-state index in [-0.39, 0.29) is 31.0 Å². The second-order valence-corrected chi connectivity index (χ2v) is 4.50. The van der Waals surface area contributed by atoms with Crippen LogP contribution in [0.5, 0.6) is 0 Å². The van der Waals surface area contributed by atoms with Crippen LogP contribution >= 0.6 is 0 Å². The molecular formula is C14H16N2O4. The molecule has 0 bridgehead atoms. The zero-order chi connectivity index (χ0) is 14.5. The number of carbonyl (C=O) groups excluding carboxylic acids is 2. The highest BCUT2D eigenvalue weighted by Crippen LogP contribution is 2.22. The monoisotopic (exact) mass is 276 g/mol. The number of β-amino-alcohol motifs (C(OH)–C–C–N with tert-alkyl or cyclic N) is 1. The molecule has 1 N–H and O–H groups in total. The van der Waals surface area contributed by atoms with Crippen molar-refractivity contribution in [2.75, 3.05) is 13.2 Å². The Bertz CT molecular complexity index is 503. The van der Waals surface area contributed by atoms with Crippen LogP contribution in [0, 0.1) is 0 Å². The van der Waals surface area contributed by atoms with Crippen LogP contribution in [0.4, 0.5) is 4.79 Å². The lowest BCUT2D eigenvalue weighted by molar-refractivity contribution is 0.0781. The van der Waals surface area contributed by atoms with Gasteiger partial charge in [0.1, 0.15) is 18.3 Å². The van der Waals surface area contributed by atoms with Gasteiger partial charge < -0.3 is 9.84 Å². The van der Waals surface area contributed by atoms with Crippen molar-refractivity contribution in [1.82, 2.24) is 9.88 Å². The number of likely N-dealkylation sites (tertiary alicyclic amines) is 1. The molecule has 0 aliphatic carbocycles. The minimum absolute atomic E-state index is 0.0654. The molecule has 20 heavy (non-hydrogen) atoms. The van der Waals surface area contributed by atoms with E-state index in [0.717, 1.165) is 0 Å².